The van der Waals surface area contributed by atoms with Gasteiger partial charge in [0.05, 0.1) is 24.4 Å². The van der Waals surface area contributed by atoms with E-state index in [1.807, 2.05) is 13.0 Å². The third kappa shape index (κ3) is 7.29. The van der Waals surface area contributed by atoms with Crippen LogP contribution in [0, 0.1) is 6.92 Å². The van der Waals surface area contributed by atoms with Gasteiger partial charge in [0.2, 0.25) is 11.0 Å². The predicted molar refractivity (Wildman–Crippen MR) is 142 cm³/mol. The zero-order valence-corrected chi connectivity index (χ0v) is 22.0. The number of likely N-dealkylation sites (N-methyl/N-ethyl adjacent to an activating group) is 1. The zero-order valence-electron chi connectivity index (χ0n) is 21.2. The number of methoxy groups -OCH3 is 1. The van der Waals surface area contributed by atoms with Crippen LogP contribution in [0.1, 0.15) is 15.9 Å². The highest BCUT2D eigenvalue weighted by atomic mass is 32.1. The Labute approximate surface area is 219 Å². The fraction of sp³-hybridized carbons (Fsp3) is 0.400. The van der Waals surface area contributed by atoms with E-state index in [0.29, 0.717) is 40.4 Å². The number of benzene rings is 1. The first-order chi connectivity index (χ1) is 17.9. The molecule has 0 saturated carbocycles. The lowest BCUT2D eigenvalue weighted by atomic mass is 10.1. The number of anilines is 2. The Kier molecular flexibility index (Phi) is 9.12. The van der Waals surface area contributed by atoms with Crippen molar-refractivity contribution in [2.75, 3.05) is 70.7 Å². The van der Waals surface area contributed by atoms with Crippen molar-refractivity contribution in [1.82, 2.24) is 25.0 Å². The van der Waals surface area contributed by atoms with Gasteiger partial charge >= 0.3 is 0 Å². The number of aromatic nitrogens is 3. The summed E-state index contributed by atoms with van der Waals surface area (Å²) in [5, 5.41) is 15.0. The summed E-state index contributed by atoms with van der Waals surface area (Å²) in [5.74, 6) is -0.0874. The number of hydrogen-bond donors (Lipinski definition) is 2. The molecule has 0 unspecified atom stereocenters. The van der Waals surface area contributed by atoms with E-state index in [0.717, 1.165) is 37.3 Å². The number of ether oxygens (including phenoxy) is 2. The number of amides is 2. The van der Waals surface area contributed by atoms with Gasteiger partial charge in [0.1, 0.15) is 12.4 Å². The van der Waals surface area contributed by atoms with Gasteiger partial charge in [-0.15, -0.1) is 10.2 Å². The van der Waals surface area contributed by atoms with Crippen molar-refractivity contribution < 1.29 is 19.1 Å². The van der Waals surface area contributed by atoms with Crippen LogP contribution in [-0.2, 0) is 9.53 Å². The fourth-order valence-electron chi connectivity index (χ4n) is 3.79. The van der Waals surface area contributed by atoms with E-state index in [4.69, 9.17) is 9.47 Å². The maximum atomic E-state index is 13.2. The number of piperazine rings is 1. The molecule has 12 heteroatoms. The first-order valence-corrected chi connectivity index (χ1v) is 12.8. The molecule has 0 aliphatic carbocycles. The molecular formula is C25H31N7O4S. The summed E-state index contributed by atoms with van der Waals surface area (Å²) >= 11 is 1.25. The molecular weight excluding hydrogens is 494 g/mol. The van der Waals surface area contributed by atoms with Crippen LogP contribution < -0.4 is 15.4 Å². The van der Waals surface area contributed by atoms with Gasteiger partial charge in [-0.2, -0.15) is 0 Å². The second-order valence-corrected chi connectivity index (χ2v) is 9.71. The van der Waals surface area contributed by atoms with Crippen molar-refractivity contribution >= 4 is 34.0 Å². The Morgan fingerprint density at radius 2 is 1.89 bits per heavy atom. The molecule has 2 N–H and O–H groups in total. The fourth-order valence-corrected chi connectivity index (χ4v) is 4.60. The second-order valence-electron chi connectivity index (χ2n) is 8.73. The van der Waals surface area contributed by atoms with E-state index in [1.54, 1.807) is 37.7 Å². The Hall–Kier alpha value is -3.45. The quantitative estimate of drug-likeness (QED) is 0.384. The first kappa shape index (κ1) is 26.6. The van der Waals surface area contributed by atoms with E-state index in [1.165, 1.54) is 11.3 Å². The number of rotatable bonds is 10. The minimum atomic E-state index is -0.413. The van der Waals surface area contributed by atoms with Crippen LogP contribution in [0.2, 0.25) is 0 Å². The predicted octanol–water partition coefficient (Wildman–Crippen LogP) is 2.37. The van der Waals surface area contributed by atoms with Gasteiger partial charge in [0.25, 0.3) is 5.91 Å². The van der Waals surface area contributed by atoms with Crippen molar-refractivity contribution in [3.63, 3.8) is 0 Å². The number of carbonyl (C=O) groups excluding carboxylic acids is 2. The summed E-state index contributed by atoms with van der Waals surface area (Å²) in [5.41, 5.74) is 2.52. The van der Waals surface area contributed by atoms with Crippen molar-refractivity contribution in [2.45, 2.75) is 6.92 Å². The molecule has 1 aliphatic heterocycles. The first-order valence-electron chi connectivity index (χ1n) is 12.0. The van der Waals surface area contributed by atoms with Gasteiger partial charge < -0.3 is 19.7 Å². The van der Waals surface area contributed by atoms with Gasteiger partial charge in [0.15, 0.2) is 5.01 Å². The molecule has 3 aromatic rings. The Morgan fingerprint density at radius 3 is 2.65 bits per heavy atom. The third-order valence-electron chi connectivity index (χ3n) is 5.94. The molecule has 1 aromatic carbocycles. The summed E-state index contributed by atoms with van der Waals surface area (Å²) in [7, 11) is 3.66. The van der Waals surface area contributed by atoms with Crippen LogP contribution in [0.3, 0.4) is 0 Å². The van der Waals surface area contributed by atoms with Crippen LogP contribution in [-0.4, -0.2) is 96.9 Å². The monoisotopic (exact) mass is 525 g/mol. The number of aryl methyl sites for hydroxylation is 1. The maximum absolute atomic E-state index is 13.2. The minimum absolute atomic E-state index is 0.196. The normalized spacial score (nSPS) is 14.4. The average Bonchev–Trinajstić information content (AvgIpc) is 3.34. The van der Waals surface area contributed by atoms with E-state index >= 15 is 0 Å². The summed E-state index contributed by atoms with van der Waals surface area (Å²) in [4.78, 5) is 34.6. The van der Waals surface area contributed by atoms with Crippen LogP contribution in [0.5, 0.6) is 5.75 Å². The second kappa shape index (κ2) is 12.7. The summed E-state index contributed by atoms with van der Waals surface area (Å²) in [6.07, 6.45) is 3.43. The summed E-state index contributed by atoms with van der Waals surface area (Å²) in [6, 6.07) is 6.85. The van der Waals surface area contributed by atoms with Crippen LogP contribution in [0.4, 0.5) is 10.8 Å². The third-order valence-corrected chi connectivity index (χ3v) is 6.82. The van der Waals surface area contributed by atoms with E-state index in [2.05, 4.69) is 42.7 Å². The molecule has 37 heavy (non-hydrogen) atoms. The number of hydrogen-bond acceptors (Lipinski definition) is 10. The van der Waals surface area contributed by atoms with Crippen molar-refractivity contribution in [1.29, 1.82) is 0 Å². The lowest BCUT2D eigenvalue weighted by molar-refractivity contribution is -0.117. The highest BCUT2D eigenvalue weighted by Gasteiger charge is 2.20. The smallest absolute Gasteiger partial charge is 0.259 e. The molecule has 0 bridgehead atoms. The number of carbonyl (C=O) groups is 2. The summed E-state index contributed by atoms with van der Waals surface area (Å²) in [6.45, 7) is 6.41. The molecule has 2 amide bonds. The molecule has 2 aromatic heterocycles. The van der Waals surface area contributed by atoms with Crippen molar-refractivity contribution in [2.24, 2.45) is 0 Å². The highest BCUT2D eigenvalue weighted by molar-refractivity contribution is 7.18. The van der Waals surface area contributed by atoms with Crippen LogP contribution in [0.25, 0.3) is 10.6 Å². The standard InChI is InChI=1S/C25H31N7O4S/c1-17-6-7-26-15-20(17)24-29-30-25(37-24)28-23(34)19-5-4-18(36-13-12-35-3)14-21(19)27-22(33)16-32-10-8-31(2)9-11-32/h4-7,14-15H,8-13,16H2,1-3H3,(H,27,33)(H,28,30,34). The topological polar surface area (TPSA) is 122 Å². The molecule has 1 fully saturated rings. The minimum Gasteiger partial charge on any atom is -0.491 e. The molecule has 3 heterocycles. The Bertz CT molecular complexity index is 1230. The number of pyridine rings is 1. The molecule has 11 nitrogen and oxygen atoms in total. The molecule has 196 valence electrons. The lowest BCUT2D eigenvalue weighted by Gasteiger charge is -2.31. The molecule has 0 radical (unpaired) electrons. The van der Waals surface area contributed by atoms with Gasteiger partial charge in [-0.3, -0.25) is 24.8 Å². The number of nitrogens with one attached hydrogen (secondary N) is 2. The largest absolute Gasteiger partial charge is 0.491 e. The van der Waals surface area contributed by atoms with Gasteiger partial charge in [-0.25, -0.2) is 0 Å². The van der Waals surface area contributed by atoms with Crippen molar-refractivity contribution in [3.05, 3.63) is 47.8 Å². The van der Waals surface area contributed by atoms with Gasteiger partial charge in [-0.05, 0) is 37.7 Å². The van der Waals surface area contributed by atoms with Crippen molar-refractivity contribution in [3.8, 4) is 16.3 Å². The molecule has 1 aliphatic rings. The molecule has 0 spiro atoms. The van der Waals surface area contributed by atoms with Gasteiger partial charge in [-0.1, -0.05) is 11.3 Å². The van der Waals surface area contributed by atoms with E-state index < -0.39 is 5.91 Å². The highest BCUT2D eigenvalue weighted by Crippen LogP contribution is 2.29. The van der Waals surface area contributed by atoms with Gasteiger partial charge in [0, 0.05) is 57.3 Å². The van der Waals surface area contributed by atoms with Crippen LogP contribution >= 0.6 is 11.3 Å². The summed E-state index contributed by atoms with van der Waals surface area (Å²) < 4.78 is 10.7. The average molecular weight is 526 g/mol. The Morgan fingerprint density at radius 1 is 1.08 bits per heavy atom. The molecule has 0 atom stereocenters. The molecule has 1 saturated heterocycles. The van der Waals surface area contributed by atoms with E-state index in [9.17, 15) is 9.59 Å². The zero-order chi connectivity index (χ0) is 26.2. The van der Waals surface area contributed by atoms with E-state index in [-0.39, 0.29) is 12.5 Å². The van der Waals surface area contributed by atoms with Crippen LogP contribution in [0.15, 0.2) is 36.7 Å². The lowest BCUT2D eigenvalue weighted by Crippen LogP contribution is -2.47. The molecule has 4 rings (SSSR count). The maximum Gasteiger partial charge on any atom is 0.259 e. The Balaban J connectivity index is 1.49. The number of nitrogens with zero attached hydrogens (tertiary/aromatic N) is 5. The SMILES string of the molecule is COCCOc1ccc(C(=O)Nc2nnc(-c3cnccc3C)s2)c(NC(=O)CN2CCN(C)CC2)c1.